The van der Waals surface area contributed by atoms with E-state index in [9.17, 15) is 4.89 Å². The molecule has 0 radical (unpaired) electrons. The number of rotatable bonds is 20. The molecular formula is C28H51INO3P. The maximum atomic E-state index is 10.6. The summed E-state index contributed by atoms with van der Waals surface area (Å²) >= 11 is 2.04. The van der Waals surface area contributed by atoms with Crippen molar-refractivity contribution in [1.29, 1.82) is 0 Å². The topological polar surface area (TPSA) is 41.9 Å². The van der Waals surface area contributed by atoms with Crippen molar-refractivity contribution in [3.8, 4) is 0 Å². The third-order valence-corrected chi connectivity index (χ3v) is 9.75. The quantitative estimate of drug-likeness (QED) is 0.0913. The Morgan fingerprint density at radius 2 is 1.32 bits per heavy atom. The number of halogens is 1. The molecule has 1 aromatic carbocycles. The predicted octanol–water partition coefficient (Wildman–Crippen LogP) is 9.00. The number of benzene rings is 1. The molecule has 0 atom stereocenters. The zero-order valence-electron chi connectivity index (χ0n) is 21.7. The second-order valence-electron chi connectivity index (χ2n) is 10.0. The number of hydrogen-bond acceptors (Lipinski definition) is 4. The Bertz CT molecular complexity index is 597. The summed E-state index contributed by atoms with van der Waals surface area (Å²) in [6.45, 7) is 5.93. The summed E-state index contributed by atoms with van der Waals surface area (Å²) in [4.78, 5) is 13.1. The summed E-state index contributed by atoms with van der Waals surface area (Å²) < 4.78 is 11.8. The minimum atomic E-state index is -3.04. The Labute approximate surface area is 223 Å². The molecule has 4 nitrogen and oxygen atoms in total. The van der Waals surface area contributed by atoms with Gasteiger partial charge in [-0.15, -0.1) is 0 Å². The van der Waals surface area contributed by atoms with E-state index < -0.39 is 5.59 Å². The molecule has 6 heteroatoms. The minimum absolute atomic E-state index is 0.122. The third kappa shape index (κ3) is 15.4. The number of piperidine rings is 1. The van der Waals surface area contributed by atoms with E-state index in [1.807, 2.05) is 22.0 Å². The molecule has 1 fully saturated rings. The first kappa shape index (κ1) is 30.4. The summed E-state index contributed by atoms with van der Waals surface area (Å²) in [6.07, 6.45) is 21.0. The molecule has 1 saturated heterocycles. The van der Waals surface area contributed by atoms with Crippen molar-refractivity contribution < 1.29 is 13.9 Å². The van der Waals surface area contributed by atoms with Gasteiger partial charge in [-0.2, -0.15) is 0 Å². The van der Waals surface area contributed by atoms with Crippen LogP contribution < -0.4 is 0 Å². The number of nitrogens with zero attached hydrogens (tertiary/aromatic N) is 1. The summed E-state index contributed by atoms with van der Waals surface area (Å²) in [5, 5.41) is 0. The van der Waals surface area contributed by atoms with Crippen molar-refractivity contribution in [3.63, 3.8) is 0 Å². The van der Waals surface area contributed by atoms with E-state index in [1.165, 1.54) is 89.0 Å². The molecule has 1 aromatic rings. The first-order chi connectivity index (χ1) is 16.6. The van der Waals surface area contributed by atoms with Gasteiger partial charge in [0.05, 0.1) is 0 Å². The van der Waals surface area contributed by atoms with Crippen LogP contribution in [0.2, 0.25) is 0 Å². The van der Waals surface area contributed by atoms with Gasteiger partial charge >= 0.3 is 192 Å². The molecule has 0 aromatic heterocycles. The van der Waals surface area contributed by atoms with Crippen LogP contribution in [0.5, 0.6) is 0 Å². The van der Waals surface area contributed by atoms with E-state index in [-0.39, 0.29) is 6.10 Å². The summed E-state index contributed by atoms with van der Waals surface area (Å²) in [5.41, 5.74) is -1.68. The molecule has 0 spiro atoms. The number of unbranched alkanes of at least 4 members (excludes halogenated alkanes) is 13. The molecule has 1 aliphatic heterocycles. The third-order valence-electron chi connectivity index (χ3n) is 6.87. The van der Waals surface area contributed by atoms with Gasteiger partial charge < -0.3 is 0 Å². The Hall–Kier alpha value is 0.220. The van der Waals surface area contributed by atoms with Crippen LogP contribution in [-0.4, -0.2) is 35.6 Å². The van der Waals surface area contributed by atoms with Crippen LogP contribution in [0, 0.1) is 0 Å². The standard InChI is InChI=1S/C28H51INO3P/c1-2-3-4-5-6-7-8-9-10-11-12-13-14-18-25-32-34(29,31)33-28-21-23-30(24-22-28)26-27-19-16-15-17-20-27/h15-17,19-20,28,31,34H,2-14,18,21-26H2,1H3. The second kappa shape index (κ2) is 19.3. The van der Waals surface area contributed by atoms with Crippen molar-refractivity contribution in [2.45, 2.75) is 122 Å². The van der Waals surface area contributed by atoms with Gasteiger partial charge in [-0.05, 0) is 0 Å². The second-order valence-corrected chi connectivity index (χ2v) is 15.7. The Morgan fingerprint density at radius 1 is 0.824 bits per heavy atom. The zero-order valence-corrected chi connectivity index (χ0v) is 24.9. The Morgan fingerprint density at radius 3 is 1.85 bits per heavy atom. The molecule has 0 saturated carbocycles. The molecule has 0 unspecified atom stereocenters. The van der Waals surface area contributed by atoms with Crippen molar-refractivity contribution in [3.05, 3.63) is 35.9 Å². The van der Waals surface area contributed by atoms with Crippen LogP contribution in [0.3, 0.4) is 0 Å². The average Bonchev–Trinajstić information content (AvgIpc) is 2.83. The van der Waals surface area contributed by atoms with Gasteiger partial charge in [-0.1, -0.05) is 32.6 Å². The van der Waals surface area contributed by atoms with Gasteiger partial charge in [0.25, 0.3) is 0 Å². The van der Waals surface area contributed by atoms with Gasteiger partial charge in [0, 0.05) is 0 Å². The molecule has 1 heterocycles. The SMILES string of the molecule is CCCCCCCCCCCCCCCCO[PH](O)(I)OC1CCN(Cc2ccccc2)CC1. The maximum absolute atomic E-state index is 10.6. The molecule has 198 valence electrons. The van der Waals surface area contributed by atoms with Gasteiger partial charge in [0.2, 0.25) is 0 Å². The predicted molar refractivity (Wildman–Crippen MR) is 157 cm³/mol. The van der Waals surface area contributed by atoms with E-state index in [1.54, 1.807) is 0 Å². The number of hydrogen-bond donors (Lipinski definition) is 1. The van der Waals surface area contributed by atoms with Crippen LogP contribution >= 0.6 is 27.6 Å². The van der Waals surface area contributed by atoms with E-state index >= 15 is 0 Å². The molecule has 2 rings (SSSR count). The van der Waals surface area contributed by atoms with Crippen LogP contribution in [0.1, 0.15) is 115 Å². The van der Waals surface area contributed by atoms with E-state index in [0.717, 1.165) is 38.9 Å². The molecular weight excluding hydrogens is 556 g/mol. The first-order valence-corrected chi connectivity index (χ1v) is 19.0. The fourth-order valence-electron chi connectivity index (χ4n) is 4.76. The normalized spacial score (nSPS) is 16.2. The molecule has 1 aliphatic rings. The fourth-order valence-corrected chi connectivity index (χ4v) is 7.61. The van der Waals surface area contributed by atoms with Crippen molar-refractivity contribution in [2.75, 3.05) is 19.7 Å². The van der Waals surface area contributed by atoms with Crippen LogP contribution in [0.15, 0.2) is 30.3 Å². The average molecular weight is 608 g/mol. The van der Waals surface area contributed by atoms with Crippen molar-refractivity contribution >= 4 is 27.6 Å². The van der Waals surface area contributed by atoms with Crippen molar-refractivity contribution in [2.24, 2.45) is 0 Å². The van der Waals surface area contributed by atoms with Gasteiger partial charge in [-0.25, -0.2) is 0 Å². The summed E-state index contributed by atoms with van der Waals surface area (Å²) in [6, 6.07) is 10.6. The molecule has 34 heavy (non-hydrogen) atoms. The monoisotopic (exact) mass is 607 g/mol. The Kier molecular flexibility index (Phi) is 17.3. The van der Waals surface area contributed by atoms with Gasteiger partial charge in [-0.3, -0.25) is 0 Å². The van der Waals surface area contributed by atoms with Gasteiger partial charge in [0.1, 0.15) is 0 Å². The zero-order chi connectivity index (χ0) is 24.3. The summed E-state index contributed by atoms with van der Waals surface area (Å²) in [5.74, 6) is 0. The first-order valence-electron chi connectivity index (χ1n) is 14.1. The molecule has 0 bridgehead atoms. The van der Waals surface area contributed by atoms with Crippen LogP contribution in [0.4, 0.5) is 0 Å². The molecule has 0 aliphatic carbocycles. The van der Waals surface area contributed by atoms with Crippen LogP contribution in [-0.2, 0) is 15.6 Å². The molecule has 1 N–H and O–H groups in total. The number of likely N-dealkylation sites (tertiary alicyclic amines) is 1. The Balaban J connectivity index is 1.39. The van der Waals surface area contributed by atoms with E-state index in [0.29, 0.717) is 6.61 Å². The van der Waals surface area contributed by atoms with Gasteiger partial charge in [0.15, 0.2) is 0 Å². The fraction of sp³-hybridized carbons (Fsp3) is 0.786. The van der Waals surface area contributed by atoms with Crippen molar-refractivity contribution in [1.82, 2.24) is 4.90 Å². The van der Waals surface area contributed by atoms with Crippen LogP contribution in [0.25, 0.3) is 0 Å². The summed E-state index contributed by atoms with van der Waals surface area (Å²) in [7, 11) is 0. The molecule has 0 amide bonds. The van der Waals surface area contributed by atoms with E-state index in [2.05, 4.69) is 42.2 Å². The van der Waals surface area contributed by atoms with E-state index in [4.69, 9.17) is 9.05 Å².